The van der Waals surface area contributed by atoms with Crippen LogP contribution in [-0.4, -0.2) is 55.3 Å². The lowest BCUT2D eigenvalue weighted by atomic mass is 9.61. The van der Waals surface area contributed by atoms with E-state index in [0.29, 0.717) is 16.7 Å². The van der Waals surface area contributed by atoms with Crippen LogP contribution < -0.4 is 0 Å². The molecule has 9 heteroatoms. The predicted molar refractivity (Wildman–Crippen MR) is 134 cm³/mol. The number of benzene rings is 3. The van der Waals surface area contributed by atoms with Crippen LogP contribution in [0.1, 0.15) is 76.5 Å². The molecule has 1 unspecified atom stereocenters. The Morgan fingerprint density at radius 3 is 2.36 bits per heavy atom. The zero-order valence-corrected chi connectivity index (χ0v) is 20.5. The van der Waals surface area contributed by atoms with Gasteiger partial charge >= 0.3 is 5.97 Å². The number of allylic oxidation sites excluding steroid dienone is 1. The maximum Gasteiger partial charge on any atom is 0.342 e. The molecule has 0 bridgehead atoms. The largest absolute Gasteiger partial charge is 0.507 e. The second-order valence-electron chi connectivity index (χ2n) is 10.7. The standard InChI is InChI=1S/C30H22O9/c1-11-7-14-22(18(33)8-11)29(38)39-28-17(32)6-5-15-20-12(10-30(15,28)27(14)37)9-19(34)23-24(20)25(35)13-3-2-4-16(31)21(13)26(23)36/h2-9,15,17,27-28,31-34,37H,10H2,1H3/t15-,17?,27+,28-,30+/m1/s1. The molecule has 196 valence electrons. The van der Waals surface area contributed by atoms with Crippen molar-refractivity contribution in [3.8, 4) is 17.2 Å². The average molecular weight is 526 g/mol. The number of phenols is 3. The van der Waals surface area contributed by atoms with Crippen LogP contribution in [0.3, 0.4) is 0 Å². The minimum Gasteiger partial charge on any atom is -0.507 e. The van der Waals surface area contributed by atoms with Crippen molar-refractivity contribution in [2.24, 2.45) is 5.41 Å². The van der Waals surface area contributed by atoms with E-state index in [1.165, 1.54) is 36.4 Å². The van der Waals surface area contributed by atoms with Gasteiger partial charge in [-0.1, -0.05) is 30.4 Å². The number of fused-ring (bicyclic) bond motifs is 6. The van der Waals surface area contributed by atoms with Crippen LogP contribution in [-0.2, 0) is 11.2 Å². The molecule has 0 amide bonds. The van der Waals surface area contributed by atoms with Crippen molar-refractivity contribution >= 4 is 17.5 Å². The summed E-state index contributed by atoms with van der Waals surface area (Å²) in [5.41, 5.74) is -0.639. The average Bonchev–Trinajstić information content (AvgIpc) is 3.17. The van der Waals surface area contributed by atoms with Crippen LogP contribution >= 0.6 is 0 Å². The Labute approximate surface area is 221 Å². The molecule has 9 nitrogen and oxygen atoms in total. The van der Waals surface area contributed by atoms with Crippen molar-refractivity contribution in [3.63, 3.8) is 0 Å². The lowest BCUT2D eigenvalue weighted by molar-refractivity contribution is -0.119. The lowest BCUT2D eigenvalue weighted by Crippen LogP contribution is -2.52. The third kappa shape index (κ3) is 2.78. The van der Waals surface area contributed by atoms with Crippen molar-refractivity contribution in [1.82, 2.24) is 0 Å². The number of carbonyl (C=O) groups excluding carboxylic acids is 3. The van der Waals surface area contributed by atoms with Gasteiger partial charge in [-0.05, 0) is 53.8 Å². The summed E-state index contributed by atoms with van der Waals surface area (Å²) in [5.74, 6) is -4.23. The number of ketones is 2. The minimum atomic E-state index is -1.45. The molecule has 0 saturated carbocycles. The monoisotopic (exact) mass is 526 g/mol. The summed E-state index contributed by atoms with van der Waals surface area (Å²) in [4.78, 5) is 40.6. The van der Waals surface area contributed by atoms with Crippen molar-refractivity contribution in [3.05, 3.63) is 98.6 Å². The van der Waals surface area contributed by atoms with Gasteiger partial charge in [-0.3, -0.25) is 9.59 Å². The molecular weight excluding hydrogens is 504 g/mol. The van der Waals surface area contributed by atoms with Gasteiger partial charge in [-0.25, -0.2) is 4.79 Å². The molecule has 0 fully saturated rings. The molecule has 5 atom stereocenters. The van der Waals surface area contributed by atoms with Gasteiger partial charge in [0.05, 0.1) is 22.6 Å². The number of carbonyl (C=O) groups is 3. The molecule has 1 spiro atoms. The third-order valence-corrected chi connectivity index (χ3v) is 8.66. The molecular formula is C30H22O9. The summed E-state index contributed by atoms with van der Waals surface area (Å²) in [6, 6.07) is 8.46. The molecule has 0 aromatic heterocycles. The predicted octanol–water partition coefficient (Wildman–Crippen LogP) is 2.72. The van der Waals surface area contributed by atoms with Crippen LogP contribution in [0.15, 0.2) is 48.6 Å². The molecule has 0 saturated heterocycles. The zero-order chi connectivity index (χ0) is 27.5. The number of ether oxygens (including phenoxy) is 1. The first kappa shape index (κ1) is 23.6. The van der Waals surface area contributed by atoms with E-state index in [0.717, 1.165) is 0 Å². The Morgan fingerprint density at radius 2 is 1.59 bits per heavy atom. The molecule has 3 aromatic carbocycles. The number of hydrogen-bond acceptors (Lipinski definition) is 9. The first-order valence-electron chi connectivity index (χ1n) is 12.4. The SMILES string of the molecule is Cc1cc(O)c2c(c1)[C@H](O)[C@]13Cc4cc(O)c5c(c4[C@H]1C=CC(O)[C@H]3OC2=O)C(=O)c1cccc(O)c1C5=O. The van der Waals surface area contributed by atoms with E-state index in [1.807, 2.05) is 0 Å². The zero-order valence-electron chi connectivity index (χ0n) is 20.5. The Morgan fingerprint density at radius 1 is 0.846 bits per heavy atom. The van der Waals surface area contributed by atoms with Crippen LogP contribution in [0, 0.1) is 12.3 Å². The smallest absolute Gasteiger partial charge is 0.342 e. The highest BCUT2D eigenvalue weighted by Gasteiger charge is 2.63. The van der Waals surface area contributed by atoms with Gasteiger partial charge in [-0.2, -0.15) is 0 Å². The molecule has 39 heavy (non-hydrogen) atoms. The Bertz CT molecular complexity index is 1720. The number of aliphatic hydroxyl groups is 2. The number of esters is 1. The minimum absolute atomic E-state index is 0.0170. The van der Waals surface area contributed by atoms with Gasteiger partial charge < -0.3 is 30.3 Å². The van der Waals surface area contributed by atoms with Gasteiger partial charge in [0.2, 0.25) is 5.78 Å². The summed E-state index contributed by atoms with van der Waals surface area (Å²) < 4.78 is 5.77. The van der Waals surface area contributed by atoms with E-state index in [9.17, 15) is 39.9 Å². The number of aliphatic hydroxyl groups excluding tert-OH is 2. The van der Waals surface area contributed by atoms with Gasteiger partial charge in [0.1, 0.15) is 35.0 Å². The van der Waals surface area contributed by atoms with Crippen molar-refractivity contribution in [2.75, 3.05) is 0 Å². The van der Waals surface area contributed by atoms with Crippen LogP contribution in [0.2, 0.25) is 0 Å². The summed E-state index contributed by atoms with van der Waals surface area (Å²) in [6.45, 7) is 1.69. The number of rotatable bonds is 0. The van der Waals surface area contributed by atoms with E-state index in [2.05, 4.69) is 0 Å². The molecule has 5 N–H and O–H groups in total. The second-order valence-corrected chi connectivity index (χ2v) is 10.7. The summed E-state index contributed by atoms with van der Waals surface area (Å²) in [7, 11) is 0. The van der Waals surface area contributed by atoms with E-state index < -0.39 is 52.9 Å². The third-order valence-electron chi connectivity index (χ3n) is 8.66. The molecule has 7 rings (SSSR count). The second kappa shape index (κ2) is 7.56. The van der Waals surface area contributed by atoms with Crippen LogP contribution in [0.4, 0.5) is 0 Å². The topological polar surface area (TPSA) is 162 Å². The van der Waals surface area contributed by atoms with Gasteiger partial charge in [-0.15, -0.1) is 0 Å². The number of aromatic hydroxyl groups is 3. The first-order valence-corrected chi connectivity index (χ1v) is 12.4. The Kier molecular flexibility index (Phi) is 4.58. The fraction of sp³-hybridized carbons (Fsp3) is 0.233. The molecule has 3 aromatic rings. The number of hydrogen-bond donors (Lipinski definition) is 5. The number of phenolic OH excluding ortho intramolecular Hbond substituents is 3. The molecule has 3 aliphatic carbocycles. The van der Waals surface area contributed by atoms with E-state index in [4.69, 9.17) is 4.74 Å². The van der Waals surface area contributed by atoms with E-state index in [1.54, 1.807) is 19.1 Å². The Hall–Kier alpha value is -4.47. The van der Waals surface area contributed by atoms with Crippen molar-refractivity contribution in [1.29, 1.82) is 0 Å². The van der Waals surface area contributed by atoms with Crippen LogP contribution in [0.25, 0.3) is 0 Å². The van der Waals surface area contributed by atoms with Crippen molar-refractivity contribution in [2.45, 2.75) is 37.6 Å². The summed E-state index contributed by atoms with van der Waals surface area (Å²) >= 11 is 0. The van der Waals surface area contributed by atoms with Gasteiger partial charge in [0.25, 0.3) is 0 Å². The van der Waals surface area contributed by atoms with Gasteiger partial charge in [0, 0.05) is 17.0 Å². The maximum absolute atomic E-state index is 13.9. The molecule has 1 heterocycles. The Balaban J connectivity index is 1.51. The normalized spacial score (nSPS) is 27.9. The fourth-order valence-electron chi connectivity index (χ4n) is 7.14. The highest BCUT2D eigenvalue weighted by molar-refractivity contribution is 6.31. The van der Waals surface area contributed by atoms with Crippen LogP contribution in [0.5, 0.6) is 17.2 Å². The highest BCUT2D eigenvalue weighted by Crippen LogP contribution is 2.63. The molecule has 0 radical (unpaired) electrons. The molecule has 1 aliphatic heterocycles. The quantitative estimate of drug-likeness (QED) is 0.171. The molecule has 4 aliphatic rings. The first-order chi connectivity index (χ1) is 18.6. The van der Waals surface area contributed by atoms with E-state index in [-0.39, 0.29) is 51.3 Å². The van der Waals surface area contributed by atoms with Gasteiger partial charge in [0.15, 0.2) is 5.78 Å². The summed E-state index contributed by atoms with van der Waals surface area (Å²) in [6.07, 6.45) is -1.02. The lowest BCUT2D eigenvalue weighted by Gasteiger charge is -2.46. The van der Waals surface area contributed by atoms with Crippen molar-refractivity contribution < 1.29 is 44.7 Å². The fourth-order valence-corrected chi connectivity index (χ4v) is 7.14. The summed E-state index contributed by atoms with van der Waals surface area (Å²) in [5, 5.41) is 55.0. The highest BCUT2D eigenvalue weighted by atomic mass is 16.6. The maximum atomic E-state index is 13.9. The number of aryl methyl sites for hydroxylation is 1. The van der Waals surface area contributed by atoms with E-state index >= 15 is 0 Å².